The fourth-order valence-corrected chi connectivity index (χ4v) is 3.06. The highest BCUT2D eigenvalue weighted by molar-refractivity contribution is 5.87. The number of hydrogen-bond donors (Lipinski definition) is 2. The third-order valence-corrected chi connectivity index (χ3v) is 4.32. The summed E-state index contributed by atoms with van der Waals surface area (Å²) in [4.78, 5) is 12.3. The predicted octanol–water partition coefficient (Wildman–Crippen LogP) is 2.84. The fourth-order valence-electron chi connectivity index (χ4n) is 3.06. The molecule has 3 rings (SSSR count). The van der Waals surface area contributed by atoms with Crippen molar-refractivity contribution in [1.29, 1.82) is 0 Å². The second kappa shape index (κ2) is 6.27. The molecule has 2 aromatic rings. The van der Waals surface area contributed by atoms with Crippen molar-refractivity contribution >= 4 is 16.7 Å². The quantitative estimate of drug-likeness (QED) is 0.909. The Balaban J connectivity index is 1.67. The van der Waals surface area contributed by atoms with Gasteiger partial charge in [-0.05, 0) is 41.6 Å². The Kier molecular flexibility index (Phi) is 4.20. The van der Waals surface area contributed by atoms with E-state index in [1.165, 1.54) is 16.3 Å². The highest BCUT2D eigenvalue weighted by atomic mass is 16.2. The van der Waals surface area contributed by atoms with Crippen LogP contribution in [-0.2, 0) is 11.3 Å². The summed E-state index contributed by atoms with van der Waals surface area (Å²) in [5, 5.41) is 8.82. The zero-order chi connectivity index (χ0) is 14.7. The number of nitrogens with one attached hydrogen (secondary N) is 2. The van der Waals surface area contributed by atoms with Crippen LogP contribution in [0.25, 0.3) is 10.8 Å². The van der Waals surface area contributed by atoms with Crippen molar-refractivity contribution in [3.05, 3.63) is 48.0 Å². The van der Waals surface area contributed by atoms with E-state index in [-0.39, 0.29) is 11.9 Å². The number of benzene rings is 2. The van der Waals surface area contributed by atoms with E-state index in [2.05, 4.69) is 41.8 Å². The summed E-state index contributed by atoms with van der Waals surface area (Å²) in [5.41, 5.74) is 1.17. The van der Waals surface area contributed by atoms with Crippen molar-refractivity contribution in [3.8, 4) is 0 Å². The summed E-state index contributed by atoms with van der Waals surface area (Å²) < 4.78 is 0. The van der Waals surface area contributed by atoms with Crippen molar-refractivity contribution in [3.63, 3.8) is 0 Å². The van der Waals surface area contributed by atoms with Gasteiger partial charge in [-0.25, -0.2) is 0 Å². The van der Waals surface area contributed by atoms with E-state index in [4.69, 9.17) is 0 Å². The summed E-state index contributed by atoms with van der Waals surface area (Å²) >= 11 is 0. The third-order valence-electron chi connectivity index (χ3n) is 4.32. The summed E-state index contributed by atoms with van der Waals surface area (Å²) in [6.07, 6.45) is 2.09. The van der Waals surface area contributed by atoms with Crippen LogP contribution in [0.1, 0.15) is 25.3 Å². The van der Waals surface area contributed by atoms with Crippen molar-refractivity contribution in [2.45, 2.75) is 32.4 Å². The van der Waals surface area contributed by atoms with Crippen molar-refractivity contribution < 1.29 is 4.79 Å². The minimum atomic E-state index is -0.0382. The smallest absolute Gasteiger partial charge is 0.237 e. The second-order valence-electron chi connectivity index (χ2n) is 5.99. The van der Waals surface area contributed by atoms with E-state index in [9.17, 15) is 4.79 Å². The molecule has 1 heterocycles. The first-order chi connectivity index (χ1) is 10.2. The van der Waals surface area contributed by atoms with Gasteiger partial charge in [0, 0.05) is 6.54 Å². The normalized spacial score (nSPS) is 22.1. The lowest BCUT2D eigenvalue weighted by Gasteiger charge is -2.27. The molecule has 0 saturated carbocycles. The van der Waals surface area contributed by atoms with Crippen LogP contribution in [0.3, 0.4) is 0 Å². The van der Waals surface area contributed by atoms with E-state index in [0.29, 0.717) is 12.5 Å². The third kappa shape index (κ3) is 3.24. The molecule has 110 valence electrons. The van der Waals surface area contributed by atoms with Gasteiger partial charge < -0.3 is 10.6 Å². The Morgan fingerprint density at radius 2 is 2.05 bits per heavy atom. The highest BCUT2D eigenvalue weighted by Crippen LogP contribution is 2.19. The van der Waals surface area contributed by atoms with Crippen LogP contribution in [0, 0.1) is 5.92 Å². The molecule has 1 aliphatic rings. The van der Waals surface area contributed by atoms with Gasteiger partial charge >= 0.3 is 0 Å². The van der Waals surface area contributed by atoms with E-state index < -0.39 is 0 Å². The average Bonchev–Trinajstić information content (AvgIpc) is 2.52. The van der Waals surface area contributed by atoms with Gasteiger partial charge in [0.05, 0.1) is 6.04 Å². The molecular formula is C18H22N2O. The van der Waals surface area contributed by atoms with E-state index >= 15 is 0 Å². The van der Waals surface area contributed by atoms with Gasteiger partial charge in [-0.1, -0.05) is 49.4 Å². The molecule has 2 aromatic carbocycles. The molecule has 0 spiro atoms. The van der Waals surface area contributed by atoms with Gasteiger partial charge in [0.2, 0.25) is 5.91 Å². The van der Waals surface area contributed by atoms with Gasteiger partial charge in [-0.3, -0.25) is 4.79 Å². The lowest BCUT2D eigenvalue weighted by atomic mass is 9.94. The standard InChI is InChI=1S/C18H22N2O/c1-13-9-10-19-17(11-13)18(21)20-12-15-7-4-6-14-5-2-3-8-16(14)15/h2-8,13,17,19H,9-12H2,1H3,(H,20,21). The Labute approximate surface area is 125 Å². The molecule has 1 aliphatic heterocycles. The van der Waals surface area contributed by atoms with Gasteiger partial charge in [0.15, 0.2) is 0 Å². The SMILES string of the molecule is CC1CCNC(C(=O)NCc2cccc3ccccc23)C1. The Morgan fingerprint density at radius 3 is 2.90 bits per heavy atom. The largest absolute Gasteiger partial charge is 0.351 e. The molecule has 2 atom stereocenters. The lowest BCUT2D eigenvalue weighted by Crippen LogP contribution is -2.48. The molecule has 3 nitrogen and oxygen atoms in total. The maximum absolute atomic E-state index is 12.3. The first-order valence-electron chi connectivity index (χ1n) is 7.72. The summed E-state index contributed by atoms with van der Waals surface area (Å²) in [5.74, 6) is 0.744. The Morgan fingerprint density at radius 1 is 1.24 bits per heavy atom. The Hall–Kier alpha value is -1.87. The van der Waals surface area contributed by atoms with Crippen molar-refractivity contribution in [2.75, 3.05) is 6.54 Å². The van der Waals surface area contributed by atoms with Crippen LogP contribution in [-0.4, -0.2) is 18.5 Å². The molecule has 0 aromatic heterocycles. The van der Waals surface area contributed by atoms with E-state index in [1.54, 1.807) is 0 Å². The number of amides is 1. The summed E-state index contributed by atoms with van der Waals surface area (Å²) in [7, 11) is 0. The first kappa shape index (κ1) is 14.1. The van der Waals surface area contributed by atoms with Crippen molar-refractivity contribution in [2.24, 2.45) is 5.92 Å². The summed E-state index contributed by atoms with van der Waals surface area (Å²) in [6, 6.07) is 14.5. The minimum absolute atomic E-state index is 0.0382. The zero-order valence-electron chi connectivity index (χ0n) is 12.4. The number of hydrogen-bond acceptors (Lipinski definition) is 2. The van der Waals surface area contributed by atoms with Gasteiger partial charge in [-0.2, -0.15) is 0 Å². The minimum Gasteiger partial charge on any atom is -0.351 e. The average molecular weight is 282 g/mol. The predicted molar refractivity (Wildman–Crippen MR) is 86.0 cm³/mol. The number of piperidine rings is 1. The molecular weight excluding hydrogens is 260 g/mol. The van der Waals surface area contributed by atoms with Crippen LogP contribution in [0.4, 0.5) is 0 Å². The number of fused-ring (bicyclic) bond motifs is 1. The molecule has 0 bridgehead atoms. The van der Waals surface area contributed by atoms with Gasteiger partial charge in [0.25, 0.3) is 0 Å². The van der Waals surface area contributed by atoms with Crippen LogP contribution in [0.15, 0.2) is 42.5 Å². The fraction of sp³-hybridized carbons (Fsp3) is 0.389. The molecule has 0 aliphatic carbocycles. The maximum atomic E-state index is 12.3. The monoisotopic (exact) mass is 282 g/mol. The van der Waals surface area contributed by atoms with Crippen LogP contribution < -0.4 is 10.6 Å². The van der Waals surface area contributed by atoms with Gasteiger partial charge in [0.1, 0.15) is 0 Å². The van der Waals surface area contributed by atoms with Crippen LogP contribution in [0.2, 0.25) is 0 Å². The first-order valence-corrected chi connectivity index (χ1v) is 7.72. The molecule has 1 amide bonds. The zero-order valence-corrected chi connectivity index (χ0v) is 12.4. The number of carbonyl (C=O) groups is 1. The molecule has 2 unspecified atom stereocenters. The molecule has 3 heteroatoms. The van der Waals surface area contributed by atoms with E-state index in [1.807, 2.05) is 18.2 Å². The Bertz CT molecular complexity index is 633. The molecule has 1 saturated heterocycles. The topological polar surface area (TPSA) is 41.1 Å². The summed E-state index contributed by atoms with van der Waals surface area (Å²) in [6.45, 7) is 3.74. The van der Waals surface area contributed by atoms with Gasteiger partial charge in [-0.15, -0.1) is 0 Å². The van der Waals surface area contributed by atoms with Crippen LogP contribution in [0.5, 0.6) is 0 Å². The van der Waals surface area contributed by atoms with E-state index in [0.717, 1.165) is 19.4 Å². The van der Waals surface area contributed by atoms with Crippen molar-refractivity contribution in [1.82, 2.24) is 10.6 Å². The number of carbonyl (C=O) groups excluding carboxylic acids is 1. The van der Waals surface area contributed by atoms with Crippen LogP contribution >= 0.6 is 0 Å². The molecule has 2 N–H and O–H groups in total. The molecule has 0 radical (unpaired) electrons. The maximum Gasteiger partial charge on any atom is 0.237 e. The molecule has 1 fully saturated rings. The number of rotatable bonds is 3. The highest BCUT2D eigenvalue weighted by Gasteiger charge is 2.24. The lowest BCUT2D eigenvalue weighted by molar-refractivity contribution is -0.124. The molecule has 21 heavy (non-hydrogen) atoms. The second-order valence-corrected chi connectivity index (χ2v) is 5.99.